The maximum atomic E-state index is 12.1. The summed E-state index contributed by atoms with van der Waals surface area (Å²) >= 11 is 3.92. The van der Waals surface area contributed by atoms with Gasteiger partial charge in [0.05, 0.1) is 11.3 Å². The van der Waals surface area contributed by atoms with E-state index in [9.17, 15) is 26.7 Å². The van der Waals surface area contributed by atoms with Crippen molar-refractivity contribution >= 4 is 54.7 Å². The van der Waals surface area contributed by atoms with Crippen molar-refractivity contribution in [3.63, 3.8) is 0 Å². The molecule has 204 valence electrons. The summed E-state index contributed by atoms with van der Waals surface area (Å²) in [5.41, 5.74) is 5.99. The molecule has 2 aliphatic carbocycles. The van der Waals surface area contributed by atoms with E-state index in [1.54, 1.807) is 19.0 Å². The van der Waals surface area contributed by atoms with Crippen molar-refractivity contribution in [2.45, 2.75) is 65.1 Å². The zero-order chi connectivity index (χ0) is 27.9. The van der Waals surface area contributed by atoms with Crippen molar-refractivity contribution in [1.82, 2.24) is 14.8 Å². The third-order valence-electron chi connectivity index (χ3n) is 5.75. The number of halogens is 6. The molecule has 0 saturated heterocycles. The van der Waals surface area contributed by atoms with E-state index in [4.69, 9.17) is 9.40 Å². The number of hydrogen-bond acceptors (Lipinski definition) is 5. The number of nitrogens with two attached hydrogens (primary N) is 1. The van der Waals surface area contributed by atoms with Crippen LogP contribution in [0.2, 0.25) is 0 Å². The van der Waals surface area contributed by atoms with Crippen molar-refractivity contribution < 1.29 is 31.2 Å². The van der Waals surface area contributed by atoms with Gasteiger partial charge < -0.3 is 10.2 Å². The van der Waals surface area contributed by atoms with E-state index in [2.05, 4.69) is 54.2 Å². The van der Waals surface area contributed by atoms with Crippen molar-refractivity contribution in [3.05, 3.63) is 40.9 Å². The second kappa shape index (κ2) is 14.0. The van der Waals surface area contributed by atoms with Gasteiger partial charge in [0.1, 0.15) is 11.5 Å². The second-order valence-corrected chi connectivity index (χ2v) is 8.78. The first-order valence-electron chi connectivity index (χ1n) is 11.5. The summed E-state index contributed by atoms with van der Waals surface area (Å²) in [5.74, 6) is 1.62. The molecule has 4 rings (SSSR count). The van der Waals surface area contributed by atoms with Crippen molar-refractivity contribution in [2.24, 2.45) is 22.6 Å². The van der Waals surface area contributed by atoms with Crippen LogP contribution in [0.15, 0.2) is 21.7 Å². The Labute approximate surface area is 235 Å². The standard InChI is InChI=1S/C17H24N2O.C6H4F5N3O.HI.Sb/c1-11(2)13(10-15(18-3)12-8-9-12)17-19-14-6-4-5-7-16(14)20-17;7-4(8)3-2(5(12)15)1-14(13-3)6(9,10)11;;/h10-12H,4-9H2,1-3H3;1,4H,(H2,12,15);1H;/q;;;+1/p-1/b13-10+,18-15?;;;. The van der Waals surface area contributed by atoms with Crippen LogP contribution in [0.5, 0.6) is 0 Å². The molecule has 14 heteroatoms. The van der Waals surface area contributed by atoms with Gasteiger partial charge in [-0.2, -0.15) is 9.78 Å². The van der Waals surface area contributed by atoms with Gasteiger partial charge in [-0.25, -0.2) is 13.8 Å². The molecule has 1 amide bonds. The number of nitrogens with zero attached hydrogens (tertiary/aromatic N) is 4. The van der Waals surface area contributed by atoms with Crippen molar-refractivity contribution in [3.8, 4) is 0 Å². The Hall–Kier alpha value is -1.50. The van der Waals surface area contributed by atoms with E-state index >= 15 is 0 Å². The zero-order valence-corrected chi connectivity index (χ0v) is 25.2. The molecule has 2 aliphatic rings. The number of carbonyl (C=O) groups is 1. The maximum absolute atomic E-state index is 12.1. The van der Waals surface area contributed by atoms with Crippen LogP contribution >= 0.6 is 18.5 Å². The molecule has 7 nitrogen and oxygen atoms in total. The first-order valence-corrected chi connectivity index (χ1v) is 18.9. The molecule has 37 heavy (non-hydrogen) atoms. The number of primary amides is 1. The number of carbonyl (C=O) groups excluding carboxylic acids is 1. The molecule has 0 aromatic carbocycles. The number of aromatic nitrogens is 3. The van der Waals surface area contributed by atoms with Gasteiger partial charge in [-0.05, 0) is 44.1 Å². The van der Waals surface area contributed by atoms with E-state index in [1.807, 2.05) is 7.05 Å². The molecule has 0 aliphatic heterocycles. The van der Waals surface area contributed by atoms with Gasteiger partial charge in [0.15, 0.2) is 0 Å². The van der Waals surface area contributed by atoms with Crippen LogP contribution in [0, 0.1) is 11.8 Å². The Morgan fingerprint density at radius 3 is 2.32 bits per heavy atom. The number of rotatable bonds is 6. The summed E-state index contributed by atoms with van der Waals surface area (Å²) in [6, 6.07) is 0. The minimum atomic E-state index is -4.96. The van der Waals surface area contributed by atoms with E-state index in [1.165, 1.54) is 42.7 Å². The number of amides is 1. The Bertz CT molecular complexity index is 1100. The van der Waals surface area contributed by atoms with Gasteiger partial charge in [-0.1, -0.05) is 13.8 Å². The molecule has 1 fully saturated rings. The fraction of sp³-hybridized carbons (Fsp3) is 0.565. The van der Waals surface area contributed by atoms with Crippen LogP contribution in [-0.2, 0) is 19.1 Å². The number of aliphatic imine (C=N–C) groups is 1. The SMILES string of the molecule is CN=C(/C=C(/c1nc2c(o1)CCCC2)C(C)C)C1CC1.NC(=O)c1cn(C(F)(F)F)nc1C(F)F.[Sb][I]. The van der Waals surface area contributed by atoms with Gasteiger partial charge in [-0.15, -0.1) is 13.2 Å². The van der Waals surface area contributed by atoms with Crippen LogP contribution in [0.3, 0.4) is 0 Å². The third-order valence-corrected chi connectivity index (χ3v) is 5.75. The predicted octanol–water partition coefficient (Wildman–Crippen LogP) is 5.97. The van der Waals surface area contributed by atoms with E-state index < -0.39 is 34.6 Å². The Morgan fingerprint density at radius 1 is 1.27 bits per heavy atom. The van der Waals surface area contributed by atoms with Crippen molar-refractivity contribution in [1.29, 1.82) is 0 Å². The van der Waals surface area contributed by atoms with Gasteiger partial charge in [0.2, 0.25) is 5.89 Å². The van der Waals surface area contributed by atoms with Crippen LogP contribution in [0.25, 0.3) is 5.57 Å². The molecular weight excluding hydrogens is 722 g/mol. The first-order chi connectivity index (χ1) is 17.4. The number of oxazole rings is 1. The van der Waals surface area contributed by atoms with E-state index in [-0.39, 0.29) is 6.20 Å². The van der Waals surface area contributed by atoms with Crippen LogP contribution in [-0.4, -0.2) is 52.4 Å². The Morgan fingerprint density at radius 2 is 1.89 bits per heavy atom. The summed E-state index contributed by atoms with van der Waals surface area (Å²) < 4.78 is 65.7. The molecule has 2 aromatic rings. The predicted molar refractivity (Wildman–Crippen MR) is 139 cm³/mol. The molecule has 0 bridgehead atoms. The number of hydrogen-bond donors (Lipinski definition) is 1. The van der Waals surface area contributed by atoms with E-state index in [0.29, 0.717) is 11.8 Å². The number of fused-ring (bicyclic) bond motifs is 1. The molecule has 2 N–H and O–H groups in total. The minimum absolute atomic E-state index is 0.129. The van der Waals surface area contributed by atoms with Gasteiger partial charge in [0.25, 0.3) is 12.3 Å². The van der Waals surface area contributed by atoms with E-state index in [0.717, 1.165) is 24.5 Å². The number of allylic oxidation sites excluding steroid dienone is 2. The fourth-order valence-corrected chi connectivity index (χ4v) is 3.72. The van der Waals surface area contributed by atoms with Crippen molar-refractivity contribution in [2.75, 3.05) is 7.05 Å². The normalized spacial score (nSPS) is 16.1. The molecule has 2 heterocycles. The van der Waals surface area contributed by atoms with Crippen LogP contribution < -0.4 is 5.73 Å². The quantitative estimate of drug-likeness (QED) is 0.170. The average Bonchev–Trinajstić information content (AvgIpc) is 3.41. The summed E-state index contributed by atoms with van der Waals surface area (Å²) in [6.45, 7) is 4.41. The summed E-state index contributed by atoms with van der Waals surface area (Å²) in [7, 11) is 1.89. The molecule has 0 unspecified atom stereocenters. The molecule has 0 atom stereocenters. The molecular formula is C23H28F5IN5O2Sb. The van der Waals surface area contributed by atoms with Gasteiger partial charge in [-0.3, -0.25) is 9.79 Å². The molecule has 0 spiro atoms. The molecule has 1 saturated carbocycles. The monoisotopic (exact) mass is 749 g/mol. The van der Waals surface area contributed by atoms with Gasteiger partial charge >= 0.3 is 43.8 Å². The third kappa shape index (κ3) is 8.76. The Balaban J connectivity index is 0.000000254. The summed E-state index contributed by atoms with van der Waals surface area (Å²) in [6.07, 6.45) is 1.23. The van der Waals surface area contributed by atoms with Crippen LogP contribution in [0.1, 0.15) is 79.4 Å². The van der Waals surface area contributed by atoms with Gasteiger partial charge in [0, 0.05) is 36.9 Å². The number of aryl methyl sites for hydroxylation is 2. The average molecular weight is 750 g/mol. The topological polar surface area (TPSA) is 99.3 Å². The summed E-state index contributed by atoms with van der Waals surface area (Å²) in [5, 5.41) is 2.54. The molecule has 2 aromatic heterocycles. The second-order valence-electron chi connectivity index (χ2n) is 8.78. The van der Waals surface area contributed by atoms with Crippen LogP contribution in [0.4, 0.5) is 22.0 Å². The fourth-order valence-electron chi connectivity index (χ4n) is 3.72. The number of alkyl halides is 5. The molecule has 2 radical (unpaired) electrons. The first kappa shape index (κ1) is 31.7. The zero-order valence-electron chi connectivity index (χ0n) is 20.5. The summed E-state index contributed by atoms with van der Waals surface area (Å²) in [4.78, 5) is 19.7. The Kier molecular flexibility index (Phi) is 12.0.